The molecule has 0 heterocycles. The van der Waals surface area contributed by atoms with Crippen LogP contribution < -0.4 is 0 Å². The van der Waals surface area contributed by atoms with Gasteiger partial charge < -0.3 is 0 Å². The lowest BCUT2D eigenvalue weighted by molar-refractivity contribution is 0.100. The van der Waals surface area contributed by atoms with Gasteiger partial charge in [-0.25, -0.2) is 4.99 Å². The molecule has 2 nitrogen and oxygen atoms in total. The Labute approximate surface area is 125 Å². The minimum absolute atomic E-state index is 0.0641. The Morgan fingerprint density at radius 1 is 1.30 bits per heavy atom. The van der Waals surface area contributed by atoms with Gasteiger partial charge in [-0.05, 0) is 42.7 Å². The van der Waals surface area contributed by atoms with E-state index in [1.165, 1.54) is 6.42 Å². The molecule has 2 unspecified atom stereocenters. The van der Waals surface area contributed by atoms with Gasteiger partial charge in [-0.2, -0.15) is 0 Å². The number of rotatable bonds is 1. The predicted octanol–water partition coefficient (Wildman–Crippen LogP) is 4.77. The van der Waals surface area contributed by atoms with E-state index in [0.29, 0.717) is 16.5 Å². The summed E-state index contributed by atoms with van der Waals surface area (Å²) in [6.07, 6.45) is 3.35. The molecule has 0 spiro atoms. The Hall–Kier alpha value is -1.15. The summed E-state index contributed by atoms with van der Waals surface area (Å²) in [4.78, 5) is 16.8. The molecule has 1 aromatic carbocycles. The quantitative estimate of drug-likeness (QED) is 0.732. The smallest absolute Gasteiger partial charge is 0.267 e. The van der Waals surface area contributed by atoms with Crippen molar-refractivity contribution in [2.75, 3.05) is 0 Å². The SMILES string of the molecule is CC12CCC(CC1=NC(=O)c1ccccc1Cl)C2(C)C. The van der Waals surface area contributed by atoms with E-state index in [4.69, 9.17) is 11.6 Å². The van der Waals surface area contributed by atoms with E-state index in [1.54, 1.807) is 12.1 Å². The number of benzene rings is 1. The highest BCUT2D eigenvalue weighted by Gasteiger charge is 2.59. The molecule has 0 saturated heterocycles. The highest BCUT2D eigenvalue weighted by atomic mass is 35.5. The van der Waals surface area contributed by atoms with Crippen LogP contribution in [0.1, 0.15) is 50.4 Å². The van der Waals surface area contributed by atoms with Gasteiger partial charge in [-0.15, -0.1) is 0 Å². The van der Waals surface area contributed by atoms with E-state index in [2.05, 4.69) is 25.8 Å². The molecule has 20 heavy (non-hydrogen) atoms. The van der Waals surface area contributed by atoms with E-state index in [0.717, 1.165) is 18.6 Å². The van der Waals surface area contributed by atoms with Gasteiger partial charge >= 0.3 is 0 Å². The first-order valence-corrected chi connectivity index (χ1v) is 7.61. The summed E-state index contributed by atoms with van der Waals surface area (Å²) >= 11 is 6.08. The number of fused-ring (bicyclic) bond motifs is 2. The first-order valence-electron chi connectivity index (χ1n) is 7.23. The van der Waals surface area contributed by atoms with E-state index in [1.807, 2.05) is 12.1 Å². The number of hydrogen-bond acceptors (Lipinski definition) is 1. The highest BCUT2D eigenvalue weighted by Crippen LogP contribution is 2.64. The van der Waals surface area contributed by atoms with Crippen LogP contribution in [-0.4, -0.2) is 11.6 Å². The fraction of sp³-hybridized carbons (Fsp3) is 0.529. The molecule has 1 amide bonds. The zero-order valence-corrected chi connectivity index (χ0v) is 13.0. The second-order valence-corrected chi connectivity index (χ2v) is 7.24. The van der Waals surface area contributed by atoms with Crippen LogP contribution in [0.4, 0.5) is 0 Å². The topological polar surface area (TPSA) is 29.4 Å². The summed E-state index contributed by atoms with van der Waals surface area (Å²) in [6.45, 7) is 6.89. The minimum atomic E-state index is -0.199. The van der Waals surface area contributed by atoms with Crippen molar-refractivity contribution in [2.24, 2.45) is 21.7 Å². The summed E-state index contributed by atoms with van der Waals surface area (Å²) < 4.78 is 0. The molecule has 0 aliphatic heterocycles. The van der Waals surface area contributed by atoms with Crippen LogP contribution >= 0.6 is 11.6 Å². The molecule has 2 bridgehead atoms. The molecule has 1 aromatic rings. The summed E-state index contributed by atoms with van der Waals surface area (Å²) in [5.74, 6) is 0.459. The second kappa shape index (κ2) is 4.42. The van der Waals surface area contributed by atoms with Crippen LogP contribution in [0.25, 0.3) is 0 Å². The van der Waals surface area contributed by atoms with Crippen molar-refractivity contribution in [3.8, 4) is 0 Å². The molecule has 0 radical (unpaired) electrons. The Morgan fingerprint density at radius 3 is 2.55 bits per heavy atom. The summed E-state index contributed by atoms with van der Waals surface area (Å²) in [5.41, 5.74) is 1.88. The average Bonchev–Trinajstić information content (AvgIpc) is 2.72. The Kier molecular flexibility index (Phi) is 3.06. The zero-order valence-electron chi connectivity index (χ0n) is 12.2. The average molecular weight is 290 g/mol. The zero-order chi connectivity index (χ0) is 14.5. The van der Waals surface area contributed by atoms with Gasteiger partial charge in [0.2, 0.25) is 0 Å². The predicted molar refractivity (Wildman–Crippen MR) is 82.4 cm³/mol. The number of halogens is 1. The molecular formula is C17H20ClNO. The lowest BCUT2D eigenvalue weighted by atomic mass is 9.70. The van der Waals surface area contributed by atoms with Crippen LogP contribution in [0.2, 0.25) is 5.02 Å². The maximum Gasteiger partial charge on any atom is 0.278 e. The minimum Gasteiger partial charge on any atom is -0.267 e. The molecule has 3 rings (SSSR count). The lowest BCUT2D eigenvalue weighted by Crippen LogP contribution is -2.33. The van der Waals surface area contributed by atoms with Gasteiger partial charge in [-0.1, -0.05) is 44.5 Å². The third-order valence-corrected chi connectivity index (χ3v) is 6.18. The van der Waals surface area contributed by atoms with Crippen LogP contribution in [0, 0.1) is 16.7 Å². The van der Waals surface area contributed by atoms with E-state index < -0.39 is 0 Å². The maximum atomic E-state index is 12.4. The third-order valence-electron chi connectivity index (χ3n) is 5.85. The van der Waals surface area contributed by atoms with Crippen LogP contribution in [-0.2, 0) is 0 Å². The van der Waals surface area contributed by atoms with Crippen molar-refractivity contribution in [1.29, 1.82) is 0 Å². The van der Waals surface area contributed by atoms with Gasteiger partial charge in [0.15, 0.2) is 0 Å². The van der Waals surface area contributed by atoms with Gasteiger partial charge in [0.1, 0.15) is 0 Å². The summed E-state index contributed by atoms with van der Waals surface area (Å²) in [5, 5.41) is 0.481. The van der Waals surface area contributed by atoms with Gasteiger partial charge in [-0.3, -0.25) is 4.79 Å². The molecule has 0 N–H and O–H groups in total. The number of hydrogen-bond donors (Lipinski definition) is 0. The summed E-state index contributed by atoms with van der Waals surface area (Å²) in [7, 11) is 0. The molecular weight excluding hydrogens is 270 g/mol. The highest BCUT2D eigenvalue weighted by molar-refractivity contribution is 6.34. The second-order valence-electron chi connectivity index (χ2n) is 6.84. The van der Waals surface area contributed by atoms with E-state index in [9.17, 15) is 4.79 Å². The monoisotopic (exact) mass is 289 g/mol. The van der Waals surface area contributed by atoms with Gasteiger partial charge in [0.25, 0.3) is 5.91 Å². The number of nitrogens with zero attached hydrogens (tertiary/aromatic N) is 1. The molecule has 106 valence electrons. The fourth-order valence-electron chi connectivity index (χ4n) is 3.91. The van der Waals surface area contributed by atoms with Crippen LogP contribution in [0.15, 0.2) is 29.3 Å². The summed E-state index contributed by atoms with van der Waals surface area (Å²) in [6, 6.07) is 7.14. The first kappa shape index (κ1) is 13.8. The Morgan fingerprint density at radius 2 is 2.00 bits per heavy atom. The van der Waals surface area contributed by atoms with Crippen LogP contribution in [0.5, 0.6) is 0 Å². The first-order chi connectivity index (χ1) is 9.36. The molecule has 0 aromatic heterocycles. The normalized spacial score (nSPS) is 32.8. The van der Waals surface area contributed by atoms with Gasteiger partial charge in [0.05, 0.1) is 10.6 Å². The van der Waals surface area contributed by atoms with Crippen molar-refractivity contribution in [3.63, 3.8) is 0 Å². The van der Waals surface area contributed by atoms with E-state index in [-0.39, 0.29) is 16.7 Å². The molecule has 2 aliphatic rings. The fourth-order valence-corrected chi connectivity index (χ4v) is 4.13. The van der Waals surface area contributed by atoms with Crippen LogP contribution in [0.3, 0.4) is 0 Å². The van der Waals surface area contributed by atoms with Crippen molar-refractivity contribution in [1.82, 2.24) is 0 Å². The van der Waals surface area contributed by atoms with Crippen molar-refractivity contribution in [2.45, 2.75) is 40.0 Å². The Balaban J connectivity index is 1.95. The molecule has 3 heteroatoms. The Bertz CT molecular complexity index is 605. The molecule has 2 aliphatic carbocycles. The maximum absolute atomic E-state index is 12.4. The lowest BCUT2D eigenvalue weighted by Gasteiger charge is -2.34. The van der Waals surface area contributed by atoms with Crippen molar-refractivity contribution >= 4 is 23.2 Å². The van der Waals surface area contributed by atoms with Crippen molar-refractivity contribution in [3.05, 3.63) is 34.9 Å². The molecule has 2 saturated carbocycles. The van der Waals surface area contributed by atoms with Crippen molar-refractivity contribution < 1.29 is 4.79 Å². The largest absolute Gasteiger partial charge is 0.278 e. The third kappa shape index (κ3) is 1.77. The number of amides is 1. The number of carbonyl (C=O) groups is 1. The standard InChI is InChI=1S/C17H20ClNO/c1-16(2)11-8-9-17(16,3)14(10-11)19-15(20)12-6-4-5-7-13(12)18/h4-7,11H,8-10H2,1-3H3. The molecule has 2 fully saturated rings. The number of aliphatic imine (C=N–C) groups is 1. The van der Waals surface area contributed by atoms with E-state index >= 15 is 0 Å². The number of carbonyl (C=O) groups excluding carboxylic acids is 1. The van der Waals surface area contributed by atoms with Gasteiger partial charge in [0, 0.05) is 11.1 Å². The molecule has 2 atom stereocenters.